The van der Waals surface area contributed by atoms with Crippen LogP contribution in [-0.2, 0) is 21.2 Å². The fourth-order valence-electron chi connectivity index (χ4n) is 2.69. The van der Waals surface area contributed by atoms with Crippen LogP contribution in [0.25, 0.3) is 0 Å². The zero-order valence-corrected chi connectivity index (χ0v) is 13.3. The fraction of sp³-hybridized carbons (Fsp3) is 0.692. The van der Waals surface area contributed by atoms with Gasteiger partial charge in [0.2, 0.25) is 15.9 Å². The molecule has 0 radical (unpaired) electrons. The van der Waals surface area contributed by atoms with Crippen LogP contribution < -0.4 is 5.14 Å². The van der Waals surface area contributed by atoms with E-state index in [1.165, 1.54) is 0 Å². The number of hydrogen-bond donors (Lipinski definition) is 3. The van der Waals surface area contributed by atoms with Gasteiger partial charge in [0.05, 0.1) is 17.6 Å². The highest BCUT2D eigenvalue weighted by atomic mass is 32.2. The third-order valence-electron chi connectivity index (χ3n) is 3.81. The van der Waals surface area contributed by atoms with Gasteiger partial charge >= 0.3 is 0 Å². The first-order valence-corrected chi connectivity index (χ1v) is 8.93. The highest BCUT2D eigenvalue weighted by molar-refractivity contribution is 7.89. The number of aryl methyl sites for hydroxylation is 1. The molecule has 0 unspecified atom stereocenters. The van der Waals surface area contributed by atoms with Crippen molar-refractivity contribution in [2.75, 3.05) is 18.8 Å². The molecule has 1 amide bonds. The number of nitrogens with two attached hydrogens (primary N) is 1. The summed E-state index contributed by atoms with van der Waals surface area (Å²) >= 11 is 0. The first-order valence-electron chi connectivity index (χ1n) is 7.22. The molecule has 2 heterocycles. The third kappa shape index (κ3) is 4.79. The van der Waals surface area contributed by atoms with Crippen LogP contribution in [0.1, 0.15) is 24.2 Å². The standard InChI is InChI=1S/C13H22N4O4S/c1-9-5-11(16-15-9)6-10-7-17(8-12(10)18)13(19)3-2-4-22(14,20)21/h5,10,12,18H,2-4,6-8H2,1H3,(H,15,16)(H2,14,20,21)/t10-,12+/m1/s1. The van der Waals surface area contributed by atoms with E-state index in [2.05, 4.69) is 10.2 Å². The molecule has 1 aliphatic heterocycles. The number of aliphatic hydroxyl groups excluding tert-OH is 1. The van der Waals surface area contributed by atoms with Gasteiger partial charge in [0.1, 0.15) is 0 Å². The molecule has 1 aromatic rings. The average Bonchev–Trinajstić information content (AvgIpc) is 2.95. The van der Waals surface area contributed by atoms with Crippen LogP contribution in [0.4, 0.5) is 0 Å². The maximum Gasteiger partial charge on any atom is 0.222 e. The van der Waals surface area contributed by atoms with Crippen LogP contribution in [0.5, 0.6) is 0 Å². The van der Waals surface area contributed by atoms with E-state index in [9.17, 15) is 18.3 Å². The van der Waals surface area contributed by atoms with E-state index in [1.54, 1.807) is 4.90 Å². The lowest BCUT2D eigenvalue weighted by molar-refractivity contribution is -0.130. The van der Waals surface area contributed by atoms with Crippen molar-refractivity contribution in [3.63, 3.8) is 0 Å². The number of aliphatic hydroxyl groups is 1. The van der Waals surface area contributed by atoms with Gasteiger partial charge in [-0.1, -0.05) is 0 Å². The van der Waals surface area contributed by atoms with Gasteiger partial charge in [-0.2, -0.15) is 5.10 Å². The number of hydrogen-bond acceptors (Lipinski definition) is 5. The number of carbonyl (C=O) groups excluding carboxylic acids is 1. The molecule has 0 aromatic carbocycles. The van der Waals surface area contributed by atoms with Gasteiger partial charge in [0, 0.05) is 31.1 Å². The van der Waals surface area contributed by atoms with Crippen molar-refractivity contribution in [3.8, 4) is 0 Å². The van der Waals surface area contributed by atoms with Crippen molar-refractivity contribution >= 4 is 15.9 Å². The van der Waals surface area contributed by atoms with E-state index in [1.807, 2.05) is 13.0 Å². The number of β-amino-alcohol motifs (C(OH)–C–C–N with tert-alkyl or cyclic N) is 1. The van der Waals surface area contributed by atoms with Gasteiger partial charge < -0.3 is 10.0 Å². The second-order valence-corrected chi connectivity index (χ2v) is 7.58. The molecule has 0 saturated carbocycles. The highest BCUT2D eigenvalue weighted by Crippen LogP contribution is 2.22. The minimum Gasteiger partial charge on any atom is -0.391 e. The van der Waals surface area contributed by atoms with Crippen LogP contribution in [0.2, 0.25) is 0 Å². The molecule has 0 spiro atoms. The minimum atomic E-state index is -3.54. The van der Waals surface area contributed by atoms with Crippen molar-refractivity contribution < 1.29 is 18.3 Å². The smallest absolute Gasteiger partial charge is 0.222 e. The van der Waals surface area contributed by atoms with Crippen molar-refractivity contribution in [1.29, 1.82) is 0 Å². The van der Waals surface area contributed by atoms with Crippen molar-refractivity contribution in [3.05, 3.63) is 17.5 Å². The number of aromatic nitrogens is 2. The highest BCUT2D eigenvalue weighted by Gasteiger charge is 2.34. The second kappa shape index (κ2) is 6.76. The molecule has 22 heavy (non-hydrogen) atoms. The predicted molar refractivity (Wildman–Crippen MR) is 80.3 cm³/mol. The van der Waals surface area contributed by atoms with Crippen LogP contribution >= 0.6 is 0 Å². The molecule has 1 aliphatic rings. The lowest BCUT2D eigenvalue weighted by atomic mass is 10.0. The van der Waals surface area contributed by atoms with Gasteiger partial charge in [-0.05, 0) is 25.8 Å². The number of primary sulfonamides is 1. The Kier molecular flexibility index (Phi) is 5.20. The predicted octanol–water partition coefficient (Wildman–Crippen LogP) is -0.851. The average molecular weight is 330 g/mol. The molecule has 2 rings (SSSR count). The summed E-state index contributed by atoms with van der Waals surface area (Å²) in [6.07, 6.45) is 0.344. The van der Waals surface area contributed by atoms with Crippen LogP contribution in [0.3, 0.4) is 0 Å². The van der Waals surface area contributed by atoms with Gasteiger partial charge in [0.15, 0.2) is 0 Å². The second-order valence-electron chi connectivity index (χ2n) is 5.84. The van der Waals surface area contributed by atoms with Crippen LogP contribution in [0.15, 0.2) is 6.07 Å². The number of nitrogens with one attached hydrogen (secondary N) is 1. The van der Waals surface area contributed by atoms with E-state index < -0.39 is 16.1 Å². The van der Waals surface area contributed by atoms with Gasteiger partial charge in [-0.15, -0.1) is 0 Å². The van der Waals surface area contributed by atoms with E-state index in [-0.39, 0.29) is 37.0 Å². The molecule has 1 aromatic heterocycles. The summed E-state index contributed by atoms with van der Waals surface area (Å²) in [7, 11) is -3.54. The molecule has 0 aliphatic carbocycles. The van der Waals surface area contributed by atoms with E-state index >= 15 is 0 Å². The molecule has 1 saturated heterocycles. The summed E-state index contributed by atoms with van der Waals surface area (Å²) in [6.45, 7) is 2.65. The van der Waals surface area contributed by atoms with Gasteiger partial charge in [-0.25, -0.2) is 13.6 Å². The number of carbonyl (C=O) groups is 1. The molecule has 1 fully saturated rings. The van der Waals surface area contributed by atoms with Crippen LogP contribution in [0, 0.1) is 12.8 Å². The Morgan fingerprint density at radius 1 is 1.55 bits per heavy atom. The number of sulfonamides is 1. The van der Waals surface area contributed by atoms with E-state index in [0.29, 0.717) is 13.0 Å². The SMILES string of the molecule is Cc1cc(C[C@@H]2CN(C(=O)CCCS(N)(=O)=O)C[C@@H]2O)n[nH]1. The summed E-state index contributed by atoms with van der Waals surface area (Å²) in [5.74, 6) is -0.404. The van der Waals surface area contributed by atoms with Crippen molar-refractivity contribution in [2.24, 2.45) is 11.1 Å². The quantitative estimate of drug-likeness (QED) is 0.625. The Morgan fingerprint density at radius 2 is 2.27 bits per heavy atom. The molecule has 4 N–H and O–H groups in total. The maximum atomic E-state index is 12.0. The topological polar surface area (TPSA) is 129 Å². The zero-order chi connectivity index (χ0) is 16.3. The normalized spacial score (nSPS) is 22.2. The Labute approximate surface area is 129 Å². The van der Waals surface area contributed by atoms with Crippen LogP contribution in [-0.4, -0.2) is 59.5 Å². The Balaban J connectivity index is 1.83. The summed E-state index contributed by atoms with van der Waals surface area (Å²) in [5, 5.41) is 22.0. The lowest BCUT2D eigenvalue weighted by Gasteiger charge is -2.15. The van der Waals surface area contributed by atoms with Gasteiger partial charge in [0.25, 0.3) is 0 Å². The molecule has 8 nitrogen and oxygen atoms in total. The lowest BCUT2D eigenvalue weighted by Crippen LogP contribution is -2.30. The molecule has 9 heteroatoms. The Morgan fingerprint density at radius 3 is 2.86 bits per heavy atom. The maximum absolute atomic E-state index is 12.0. The fourth-order valence-corrected chi connectivity index (χ4v) is 3.24. The van der Waals surface area contributed by atoms with Crippen molar-refractivity contribution in [2.45, 2.75) is 32.3 Å². The zero-order valence-electron chi connectivity index (χ0n) is 12.5. The summed E-state index contributed by atoms with van der Waals surface area (Å²) < 4.78 is 21.7. The molecular formula is C13H22N4O4S. The number of H-pyrrole nitrogens is 1. The van der Waals surface area contributed by atoms with Crippen molar-refractivity contribution in [1.82, 2.24) is 15.1 Å². The number of rotatable bonds is 6. The Hall–Kier alpha value is -1.45. The first kappa shape index (κ1) is 16.9. The molecule has 0 bridgehead atoms. The van der Waals surface area contributed by atoms with E-state index in [4.69, 9.17) is 5.14 Å². The first-order chi connectivity index (χ1) is 10.2. The monoisotopic (exact) mass is 330 g/mol. The largest absolute Gasteiger partial charge is 0.391 e. The van der Waals surface area contributed by atoms with E-state index in [0.717, 1.165) is 11.4 Å². The number of aromatic amines is 1. The third-order valence-corrected chi connectivity index (χ3v) is 4.67. The minimum absolute atomic E-state index is 0.0510. The summed E-state index contributed by atoms with van der Waals surface area (Å²) in [4.78, 5) is 13.6. The molecular weight excluding hydrogens is 308 g/mol. The summed E-state index contributed by atoms with van der Waals surface area (Å²) in [5.41, 5.74) is 1.82. The number of amides is 1. The number of nitrogens with zero attached hydrogens (tertiary/aromatic N) is 2. The summed E-state index contributed by atoms with van der Waals surface area (Å²) in [6, 6.07) is 1.92. The number of likely N-dealkylation sites (tertiary alicyclic amines) is 1. The Bertz CT molecular complexity index is 628. The van der Waals surface area contributed by atoms with Gasteiger partial charge in [-0.3, -0.25) is 9.89 Å². The molecule has 2 atom stereocenters. The molecule has 124 valence electrons.